The summed E-state index contributed by atoms with van der Waals surface area (Å²) < 4.78 is 5.24. The number of rotatable bonds is 5. The lowest BCUT2D eigenvalue weighted by Crippen LogP contribution is -2.38. The molecule has 1 saturated heterocycles. The van der Waals surface area contributed by atoms with E-state index in [4.69, 9.17) is 4.74 Å². The number of methoxy groups -OCH3 is 1. The molecule has 1 atom stereocenters. The van der Waals surface area contributed by atoms with Crippen LogP contribution >= 0.6 is 0 Å². The second-order valence-corrected chi connectivity index (χ2v) is 6.89. The molecule has 25 heavy (non-hydrogen) atoms. The lowest BCUT2D eigenvalue weighted by atomic mass is 9.88. The molecule has 2 heterocycles. The van der Waals surface area contributed by atoms with Gasteiger partial charge in [0.15, 0.2) is 5.78 Å². The Morgan fingerprint density at radius 2 is 2.12 bits per heavy atom. The van der Waals surface area contributed by atoms with Crippen LogP contribution in [0, 0.1) is 19.8 Å². The third-order valence-corrected chi connectivity index (χ3v) is 4.91. The molecule has 0 spiro atoms. The van der Waals surface area contributed by atoms with Crippen LogP contribution in [0.2, 0.25) is 0 Å². The molecule has 0 saturated carbocycles. The van der Waals surface area contributed by atoms with Crippen molar-refractivity contribution < 1.29 is 9.53 Å². The molecule has 1 aliphatic heterocycles. The number of hydrogen-bond donors (Lipinski definition) is 0. The number of piperidine rings is 1. The minimum Gasteiger partial charge on any atom is -0.497 e. The SMILES string of the molecule is COc1ccc(C(=O)C2CCCN(Cc3cccc(C)n3)C2)c(C)c1. The van der Waals surface area contributed by atoms with E-state index in [1.54, 1.807) is 7.11 Å². The zero-order chi connectivity index (χ0) is 17.8. The highest BCUT2D eigenvalue weighted by Crippen LogP contribution is 2.25. The van der Waals surface area contributed by atoms with E-state index in [0.717, 1.165) is 60.7 Å². The molecule has 0 aliphatic carbocycles. The van der Waals surface area contributed by atoms with E-state index in [0.29, 0.717) is 0 Å². The Labute approximate surface area is 149 Å². The molecule has 1 aliphatic rings. The fraction of sp³-hybridized carbons (Fsp3) is 0.429. The number of benzene rings is 1. The van der Waals surface area contributed by atoms with Gasteiger partial charge < -0.3 is 4.74 Å². The van der Waals surface area contributed by atoms with Crippen molar-refractivity contribution in [1.82, 2.24) is 9.88 Å². The molecule has 0 N–H and O–H groups in total. The normalized spacial score (nSPS) is 18.1. The fourth-order valence-electron chi connectivity index (χ4n) is 3.59. The topological polar surface area (TPSA) is 42.4 Å². The molecule has 0 bridgehead atoms. The van der Waals surface area contributed by atoms with E-state index >= 15 is 0 Å². The van der Waals surface area contributed by atoms with Crippen molar-refractivity contribution in [3.05, 3.63) is 58.9 Å². The van der Waals surface area contributed by atoms with Crippen molar-refractivity contribution in [3.8, 4) is 5.75 Å². The van der Waals surface area contributed by atoms with Gasteiger partial charge in [-0.3, -0.25) is 14.7 Å². The van der Waals surface area contributed by atoms with Crippen molar-refractivity contribution >= 4 is 5.78 Å². The van der Waals surface area contributed by atoms with Crippen molar-refractivity contribution in [2.45, 2.75) is 33.2 Å². The van der Waals surface area contributed by atoms with E-state index in [1.165, 1.54) is 0 Å². The Bertz CT molecular complexity index is 757. The quantitative estimate of drug-likeness (QED) is 0.778. The van der Waals surface area contributed by atoms with Gasteiger partial charge in [0.25, 0.3) is 0 Å². The lowest BCUT2D eigenvalue weighted by Gasteiger charge is -2.32. The van der Waals surface area contributed by atoms with Gasteiger partial charge in [0.05, 0.1) is 12.8 Å². The van der Waals surface area contributed by atoms with Crippen LogP contribution in [0.15, 0.2) is 36.4 Å². The summed E-state index contributed by atoms with van der Waals surface area (Å²) in [6, 6.07) is 11.8. The summed E-state index contributed by atoms with van der Waals surface area (Å²) in [5.41, 5.74) is 3.92. The molecular weight excluding hydrogens is 312 g/mol. The highest BCUT2D eigenvalue weighted by molar-refractivity contribution is 5.99. The van der Waals surface area contributed by atoms with Gasteiger partial charge in [-0.05, 0) is 69.1 Å². The first-order valence-electron chi connectivity index (χ1n) is 8.90. The standard InChI is InChI=1S/C21H26N2O2/c1-15-12-19(25-3)9-10-20(15)21(24)17-7-5-11-23(13-17)14-18-8-4-6-16(2)22-18/h4,6,8-10,12,17H,5,7,11,13-14H2,1-3H3. The number of ketones is 1. The number of likely N-dealkylation sites (tertiary alicyclic amines) is 1. The molecule has 132 valence electrons. The molecule has 0 amide bonds. The maximum atomic E-state index is 13.0. The van der Waals surface area contributed by atoms with Crippen molar-refractivity contribution in [3.63, 3.8) is 0 Å². The summed E-state index contributed by atoms with van der Waals surface area (Å²) >= 11 is 0. The van der Waals surface area contributed by atoms with Crippen LogP contribution in [-0.4, -0.2) is 35.9 Å². The highest BCUT2D eigenvalue weighted by Gasteiger charge is 2.27. The number of carbonyl (C=O) groups is 1. The monoisotopic (exact) mass is 338 g/mol. The van der Waals surface area contributed by atoms with Crippen LogP contribution < -0.4 is 4.74 Å². The smallest absolute Gasteiger partial charge is 0.167 e. The highest BCUT2D eigenvalue weighted by atomic mass is 16.5. The first-order chi connectivity index (χ1) is 12.1. The molecule has 1 fully saturated rings. The predicted octanol–water partition coefficient (Wildman–Crippen LogP) is 3.80. The number of aromatic nitrogens is 1. The number of aryl methyl sites for hydroxylation is 2. The molecule has 4 nitrogen and oxygen atoms in total. The molecule has 4 heteroatoms. The third-order valence-electron chi connectivity index (χ3n) is 4.91. The van der Waals surface area contributed by atoms with Crippen LogP contribution in [0.25, 0.3) is 0 Å². The van der Waals surface area contributed by atoms with Gasteiger partial charge >= 0.3 is 0 Å². The number of nitrogens with zero attached hydrogens (tertiary/aromatic N) is 2. The molecule has 1 aromatic heterocycles. The largest absolute Gasteiger partial charge is 0.497 e. The summed E-state index contributed by atoms with van der Waals surface area (Å²) in [5, 5.41) is 0. The van der Waals surface area contributed by atoms with Gasteiger partial charge in [-0.2, -0.15) is 0 Å². The zero-order valence-corrected chi connectivity index (χ0v) is 15.3. The van der Waals surface area contributed by atoms with Gasteiger partial charge in [0.2, 0.25) is 0 Å². The zero-order valence-electron chi connectivity index (χ0n) is 15.3. The maximum absolute atomic E-state index is 13.0. The number of pyridine rings is 1. The molecule has 0 radical (unpaired) electrons. The van der Waals surface area contributed by atoms with Crippen molar-refractivity contribution in [2.75, 3.05) is 20.2 Å². The van der Waals surface area contributed by atoms with Gasteiger partial charge in [-0.15, -0.1) is 0 Å². The van der Waals surface area contributed by atoms with Gasteiger partial charge in [0.1, 0.15) is 5.75 Å². The van der Waals surface area contributed by atoms with E-state index in [9.17, 15) is 4.79 Å². The first-order valence-corrected chi connectivity index (χ1v) is 8.90. The van der Waals surface area contributed by atoms with Crippen molar-refractivity contribution in [1.29, 1.82) is 0 Å². The summed E-state index contributed by atoms with van der Waals surface area (Å²) in [4.78, 5) is 19.9. The fourth-order valence-corrected chi connectivity index (χ4v) is 3.59. The summed E-state index contributed by atoms with van der Waals surface area (Å²) in [6.45, 7) is 6.64. The second kappa shape index (κ2) is 7.79. The van der Waals surface area contributed by atoms with E-state index < -0.39 is 0 Å². The summed E-state index contributed by atoms with van der Waals surface area (Å²) in [6.07, 6.45) is 2.01. The Morgan fingerprint density at radius 3 is 2.84 bits per heavy atom. The van der Waals surface area contributed by atoms with Crippen LogP contribution in [0.5, 0.6) is 5.75 Å². The number of carbonyl (C=O) groups excluding carboxylic acids is 1. The van der Waals surface area contributed by atoms with Gasteiger partial charge in [-0.25, -0.2) is 0 Å². The minimum absolute atomic E-state index is 0.0608. The Morgan fingerprint density at radius 1 is 1.28 bits per heavy atom. The van der Waals surface area contributed by atoms with Crippen LogP contribution in [0.3, 0.4) is 0 Å². The number of ether oxygens (including phenoxy) is 1. The lowest BCUT2D eigenvalue weighted by molar-refractivity contribution is 0.0809. The molecule has 1 unspecified atom stereocenters. The molecule has 2 aromatic rings. The Kier molecular flexibility index (Phi) is 5.49. The second-order valence-electron chi connectivity index (χ2n) is 6.89. The van der Waals surface area contributed by atoms with E-state index in [-0.39, 0.29) is 11.7 Å². The average Bonchev–Trinajstić information content (AvgIpc) is 2.61. The van der Waals surface area contributed by atoms with E-state index in [1.807, 2.05) is 44.2 Å². The summed E-state index contributed by atoms with van der Waals surface area (Å²) in [5.74, 6) is 1.11. The van der Waals surface area contributed by atoms with Crippen molar-refractivity contribution in [2.24, 2.45) is 5.92 Å². The van der Waals surface area contributed by atoms with Crippen LogP contribution in [0.4, 0.5) is 0 Å². The maximum Gasteiger partial charge on any atom is 0.167 e. The predicted molar refractivity (Wildman–Crippen MR) is 99.0 cm³/mol. The van der Waals surface area contributed by atoms with Gasteiger partial charge in [-0.1, -0.05) is 6.07 Å². The molecule has 3 rings (SSSR count). The minimum atomic E-state index is 0.0608. The van der Waals surface area contributed by atoms with Gasteiger partial charge in [0, 0.05) is 30.3 Å². The molecular formula is C21H26N2O2. The summed E-state index contributed by atoms with van der Waals surface area (Å²) in [7, 11) is 1.65. The Hall–Kier alpha value is -2.20. The Balaban J connectivity index is 1.69. The number of hydrogen-bond acceptors (Lipinski definition) is 4. The first kappa shape index (κ1) is 17.6. The van der Waals surface area contributed by atoms with Crippen LogP contribution in [0.1, 0.15) is 40.2 Å². The van der Waals surface area contributed by atoms with E-state index in [2.05, 4.69) is 16.0 Å². The number of Topliss-reactive ketones (excluding diaryl/α,β-unsaturated/α-hetero) is 1. The average molecular weight is 338 g/mol. The third kappa shape index (κ3) is 4.26. The molecule has 1 aromatic carbocycles. The van der Waals surface area contributed by atoms with Crippen LogP contribution in [-0.2, 0) is 6.54 Å².